The van der Waals surface area contributed by atoms with E-state index < -0.39 is 0 Å². The maximum Gasteiger partial charge on any atom is 0.230 e. The second-order valence-electron chi connectivity index (χ2n) is 6.67. The van der Waals surface area contributed by atoms with Gasteiger partial charge in [-0.1, -0.05) is 29.3 Å². The number of carbonyl (C=O) groups is 1. The zero-order valence-corrected chi connectivity index (χ0v) is 12.4. The number of rotatable bonds is 5. The van der Waals surface area contributed by atoms with Gasteiger partial charge < -0.3 is 11.1 Å². The van der Waals surface area contributed by atoms with Crippen LogP contribution in [0.4, 0.5) is 0 Å². The van der Waals surface area contributed by atoms with Crippen LogP contribution in [0, 0.1) is 19.8 Å². The summed E-state index contributed by atoms with van der Waals surface area (Å²) in [6.45, 7) is 4.80. The Morgan fingerprint density at radius 2 is 1.90 bits per heavy atom. The van der Waals surface area contributed by atoms with E-state index in [1.165, 1.54) is 29.5 Å². The highest BCUT2D eigenvalue weighted by molar-refractivity contribution is 5.91. The van der Waals surface area contributed by atoms with Crippen LogP contribution in [0.15, 0.2) is 18.2 Å². The van der Waals surface area contributed by atoms with E-state index in [0.717, 1.165) is 12.8 Å². The van der Waals surface area contributed by atoms with E-state index in [-0.39, 0.29) is 17.4 Å². The Morgan fingerprint density at radius 1 is 1.30 bits per heavy atom. The van der Waals surface area contributed by atoms with Crippen LogP contribution in [-0.2, 0) is 10.2 Å². The molecule has 1 aromatic carbocycles. The molecule has 0 radical (unpaired) electrons. The molecule has 2 saturated carbocycles. The fraction of sp³-hybridized carbons (Fsp3) is 0.588. The van der Waals surface area contributed by atoms with E-state index in [1.54, 1.807) is 0 Å². The van der Waals surface area contributed by atoms with Gasteiger partial charge in [0.2, 0.25) is 5.91 Å². The first-order valence-electron chi connectivity index (χ1n) is 7.64. The van der Waals surface area contributed by atoms with Crippen molar-refractivity contribution in [3.8, 4) is 0 Å². The molecule has 2 fully saturated rings. The zero-order valence-electron chi connectivity index (χ0n) is 12.4. The zero-order chi connectivity index (χ0) is 14.3. The number of benzene rings is 1. The van der Waals surface area contributed by atoms with Crippen LogP contribution in [-0.4, -0.2) is 18.5 Å². The summed E-state index contributed by atoms with van der Waals surface area (Å²) in [7, 11) is 0. The van der Waals surface area contributed by atoms with Crippen LogP contribution in [0.1, 0.15) is 42.4 Å². The molecule has 0 bridgehead atoms. The van der Waals surface area contributed by atoms with Gasteiger partial charge in [0.05, 0.1) is 5.41 Å². The molecule has 108 valence electrons. The molecule has 0 aromatic heterocycles. The largest absolute Gasteiger partial charge is 0.354 e. The van der Waals surface area contributed by atoms with Crippen molar-refractivity contribution < 1.29 is 4.79 Å². The molecular formula is C17H24N2O. The Labute approximate surface area is 120 Å². The number of carbonyl (C=O) groups excluding carboxylic acids is 1. The van der Waals surface area contributed by atoms with E-state index in [9.17, 15) is 4.79 Å². The molecule has 3 nitrogen and oxygen atoms in total. The highest BCUT2D eigenvalue weighted by Gasteiger charge is 2.51. The quantitative estimate of drug-likeness (QED) is 0.863. The first kappa shape index (κ1) is 13.6. The molecule has 2 aliphatic rings. The SMILES string of the molecule is Cc1cc(C)cc(C2(C(=O)NCC(N)C3CC3)CC2)c1. The van der Waals surface area contributed by atoms with Gasteiger partial charge in [0.25, 0.3) is 0 Å². The standard InChI is InChI=1S/C17H24N2O/c1-11-7-12(2)9-14(8-11)17(5-6-17)16(20)19-10-15(18)13-3-4-13/h7-9,13,15H,3-6,10,18H2,1-2H3,(H,19,20). The average Bonchev–Trinajstić information content (AvgIpc) is 3.28. The lowest BCUT2D eigenvalue weighted by atomic mass is 9.92. The second kappa shape index (κ2) is 4.88. The minimum Gasteiger partial charge on any atom is -0.354 e. The summed E-state index contributed by atoms with van der Waals surface area (Å²) in [5.41, 5.74) is 9.42. The maximum atomic E-state index is 12.5. The molecule has 1 unspecified atom stereocenters. The molecule has 1 aromatic rings. The Bertz CT molecular complexity index is 510. The van der Waals surface area contributed by atoms with Crippen molar-refractivity contribution in [2.45, 2.75) is 51.0 Å². The maximum absolute atomic E-state index is 12.5. The van der Waals surface area contributed by atoms with Gasteiger partial charge in [-0.05, 0) is 51.0 Å². The Morgan fingerprint density at radius 3 is 2.40 bits per heavy atom. The number of nitrogens with two attached hydrogens (primary N) is 1. The predicted octanol–water partition coefficient (Wildman–Crippen LogP) is 2.19. The second-order valence-corrected chi connectivity index (χ2v) is 6.67. The van der Waals surface area contributed by atoms with Crippen molar-refractivity contribution in [2.75, 3.05) is 6.54 Å². The Kier molecular flexibility index (Phi) is 3.33. The summed E-state index contributed by atoms with van der Waals surface area (Å²) in [6.07, 6.45) is 4.36. The van der Waals surface area contributed by atoms with E-state index in [2.05, 4.69) is 37.4 Å². The summed E-state index contributed by atoms with van der Waals surface area (Å²) in [4.78, 5) is 12.5. The van der Waals surface area contributed by atoms with Crippen LogP contribution >= 0.6 is 0 Å². The Balaban J connectivity index is 1.69. The average molecular weight is 272 g/mol. The molecule has 0 saturated heterocycles. The summed E-state index contributed by atoms with van der Waals surface area (Å²) in [5.74, 6) is 0.797. The van der Waals surface area contributed by atoms with Crippen molar-refractivity contribution in [3.63, 3.8) is 0 Å². The molecule has 3 N–H and O–H groups in total. The van der Waals surface area contributed by atoms with Crippen LogP contribution in [0.5, 0.6) is 0 Å². The number of aryl methyl sites for hydroxylation is 2. The Hall–Kier alpha value is -1.35. The van der Waals surface area contributed by atoms with E-state index >= 15 is 0 Å². The molecule has 1 amide bonds. The molecule has 3 heteroatoms. The van der Waals surface area contributed by atoms with Gasteiger partial charge in [0.15, 0.2) is 0 Å². The molecule has 0 aliphatic heterocycles. The third-order valence-corrected chi connectivity index (χ3v) is 4.68. The fourth-order valence-corrected chi connectivity index (χ4v) is 3.09. The first-order chi connectivity index (χ1) is 9.51. The number of hydrogen-bond acceptors (Lipinski definition) is 2. The molecule has 1 atom stereocenters. The van der Waals surface area contributed by atoms with Gasteiger partial charge in [-0.25, -0.2) is 0 Å². The van der Waals surface area contributed by atoms with Crippen LogP contribution in [0.25, 0.3) is 0 Å². The topological polar surface area (TPSA) is 55.1 Å². The fourth-order valence-electron chi connectivity index (χ4n) is 3.09. The number of nitrogens with one attached hydrogen (secondary N) is 1. The van der Waals surface area contributed by atoms with E-state index in [1.807, 2.05) is 0 Å². The van der Waals surface area contributed by atoms with Crippen molar-refractivity contribution >= 4 is 5.91 Å². The minimum absolute atomic E-state index is 0.133. The van der Waals surface area contributed by atoms with Crippen molar-refractivity contribution in [1.82, 2.24) is 5.32 Å². The normalized spacial score (nSPS) is 21.4. The lowest BCUT2D eigenvalue weighted by molar-refractivity contribution is -0.123. The van der Waals surface area contributed by atoms with Gasteiger partial charge >= 0.3 is 0 Å². The van der Waals surface area contributed by atoms with Gasteiger partial charge in [-0.2, -0.15) is 0 Å². The van der Waals surface area contributed by atoms with Crippen LogP contribution in [0.2, 0.25) is 0 Å². The highest BCUT2D eigenvalue weighted by atomic mass is 16.2. The summed E-state index contributed by atoms with van der Waals surface area (Å²) >= 11 is 0. The van der Waals surface area contributed by atoms with Crippen molar-refractivity contribution in [1.29, 1.82) is 0 Å². The third kappa shape index (κ3) is 2.59. The van der Waals surface area contributed by atoms with Crippen molar-refractivity contribution in [2.24, 2.45) is 11.7 Å². The van der Waals surface area contributed by atoms with Crippen LogP contribution in [0.3, 0.4) is 0 Å². The van der Waals surface area contributed by atoms with Gasteiger partial charge in [-0.15, -0.1) is 0 Å². The van der Waals surface area contributed by atoms with Gasteiger partial charge in [0, 0.05) is 12.6 Å². The summed E-state index contributed by atoms with van der Waals surface area (Å²) < 4.78 is 0. The molecular weight excluding hydrogens is 248 g/mol. The molecule has 20 heavy (non-hydrogen) atoms. The van der Waals surface area contributed by atoms with Crippen molar-refractivity contribution in [3.05, 3.63) is 34.9 Å². The first-order valence-corrected chi connectivity index (χ1v) is 7.64. The highest BCUT2D eigenvalue weighted by Crippen LogP contribution is 2.48. The number of amides is 1. The molecule has 0 heterocycles. The summed E-state index contributed by atoms with van der Waals surface area (Å²) in [5, 5.41) is 3.08. The number of hydrogen-bond donors (Lipinski definition) is 2. The molecule has 2 aliphatic carbocycles. The van der Waals surface area contributed by atoms with E-state index in [0.29, 0.717) is 12.5 Å². The smallest absolute Gasteiger partial charge is 0.230 e. The monoisotopic (exact) mass is 272 g/mol. The van der Waals surface area contributed by atoms with Gasteiger partial charge in [-0.3, -0.25) is 4.79 Å². The van der Waals surface area contributed by atoms with Gasteiger partial charge in [0.1, 0.15) is 0 Å². The predicted molar refractivity (Wildman–Crippen MR) is 80.5 cm³/mol. The minimum atomic E-state index is -0.278. The lowest BCUT2D eigenvalue weighted by Gasteiger charge is -2.19. The third-order valence-electron chi connectivity index (χ3n) is 4.68. The lowest BCUT2D eigenvalue weighted by Crippen LogP contribution is -2.43. The summed E-state index contributed by atoms with van der Waals surface area (Å²) in [6, 6.07) is 6.59. The van der Waals surface area contributed by atoms with Crippen LogP contribution < -0.4 is 11.1 Å². The molecule has 0 spiro atoms. The van der Waals surface area contributed by atoms with E-state index in [4.69, 9.17) is 5.73 Å². The molecule has 3 rings (SSSR count).